The van der Waals surface area contributed by atoms with Gasteiger partial charge in [-0.1, -0.05) is 5.10 Å². The zero-order valence-electron chi connectivity index (χ0n) is 12.5. The molecule has 1 heterocycles. The Kier molecular flexibility index (Phi) is 4.28. The zero-order valence-corrected chi connectivity index (χ0v) is 12.5. The van der Waals surface area contributed by atoms with Crippen LogP contribution in [0.5, 0.6) is 11.5 Å². The molecule has 0 aliphatic carbocycles. The minimum Gasteiger partial charge on any atom is -0.497 e. The van der Waals surface area contributed by atoms with E-state index >= 15 is 0 Å². The summed E-state index contributed by atoms with van der Waals surface area (Å²) in [5.41, 5.74) is 0.0191. The second-order valence-electron chi connectivity index (χ2n) is 4.73. The molecular formula is C16H12F2N2O4. The summed E-state index contributed by atoms with van der Waals surface area (Å²) in [6.45, 7) is 0. The molecule has 3 rings (SSSR count). The quantitative estimate of drug-likeness (QED) is 0.805. The molecule has 0 saturated carbocycles. The molecule has 0 aromatic heterocycles. The van der Waals surface area contributed by atoms with Crippen molar-refractivity contribution >= 4 is 18.1 Å². The van der Waals surface area contributed by atoms with Gasteiger partial charge in [0, 0.05) is 6.07 Å². The SMILES string of the molecule is COc1ccc(N2N=C(Oc3ccc(F)cc3)OC2C=O)c(F)c1. The molecule has 1 atom stereocenters. The number of hydrogen-bond donors (Lipinski definition) is 0. The number of carbonyl (C=O) groups is 1. The lowest BCUT2D eigenvalue weighted by atomic mass is 10.2. The number of hydrogen-bond acceptors (Lipinski definition) is 6. The van der Waals surface area contributed by atoms with Crippen LogP contribution in [0.2, 0.25) is 0 Å². The van der Waals surface area contributed by atoms with E-state index in [0.717, 1.165) is 11.1 Å². The molecule has 6 nitrogen and oxygen atoms in total. The summed E-state index contributed by atoms with van der Waals surface area (Å²) >= 11 is 0. The van der Waals surface area contributed by atoms with Crippen molar-refractivity contribution < 1.29 is 27.8 Å². The highest BCUT2D eigenvalue weighted by Gasteiger charge is 2.32. The smallest absolute Gasteiger partial charge is 0.414 e. The van der Waals surface area contributed by atoms with Crippen molar-refractivity contribution in [3.63, 3.8) is 0 Å². The van der Waals surface area contributed by atoms with Gasteiger partial charge in [0.25, 0.3) is 6.23 Å². The fraction of sp³-hybridized carbons (Fsp3) is 0.125. The molecule has 0 amide bonds. The Bertz CT molecular complexity index is 780. The lowest BCUT2D eigenvalue weighted by molar-refractivity contribution is -0.113. The number of hydrazone groups is 1. The van der Waals surface area contributed by atoms with E-state index in [9.17, 15) is 13.6 Å². The summed E-state index contributed by atoms with van der Waals surface area (Å²) in [5.74, 6) is -0.483. The number of ether oxygens (including phenoxy) is 3. The van der Waals surface area contributed by atoms with Crippen LogP contribution in [0.4, 0.5) is 14.5 Å². The van der Waals surface area contributed by atoms with Crippen molar-refractivity contribution in [1.82, 2.24) is 0 Å². The minimum atomic E-state index is -1.18. The first-order valence-electron chi connectivity index (χ1n) is 6.87. The average molecular weight is 334 g/mol. The molecule has 124 valence electrons. The van der Waals surface area contributed by atoms with Crippen LogP contribution in [0, 0.1) is 11.6 Å². The highest BCUT2D eigenvalue weighted by Crippen LogP contribution is 2.28. The average Bonchev–Trinajstić information content (AvgIpc) is 2.99. The molecule has 8 heteroatoms. The van der Waals surface area contributed by atoms with Crippen LogP contribution < -0.4 is 14.5 Å². The summed E-state index contributed by atoms with van der Waals surface area (Å²) in [6.07, 6.45) is -0.981. The van der Waals surface area contributed by atoms with Gasteiger partial charge in [0.05, 0.1) is 7.11 Å². The van der Waals surface area contributed by atoms with Crippen LogP contribution in [0.1, 0.15) is 0 Å². The molecule has 0 N–H and O–H groups in total. The zero-order chi connectivity index (χ0) is 17.1. The van der Waals surface area contributed by atoms with Gasteiger partial charge < -0.3 is 14.2 Å². The van der Waals surface area contributed by atoms with Gasteiger partial charge >= 0.3 is 6.08 Å². The molecule has 24 heavy (non-hydrogen) atoms. The van der Waals surface area contributed by atoms with Crippen LogP contribution in [0.3, 0.4) is 0 Å². The number of nitrogens with zero attached hydrogens (tertiary/aromatic N) is 2. The first kappa shape index (κ1) is 15.7. The van der Waals surface area contributed by atoms with Gasteiger partial charge in [-0.15, -0.1) is 0 Å². The molecule has 0 radical (unpaired) electrons. The monoisotopic (exact) mass is 334 g/mol. The maximum Gasteiger partial charge on any atom is 0.414 e. The maximum atomic E-state index is 14.2. The Balaban J connectivity index is 1.85. The van der Waals surface area contributed by atoms with Crippen LogP contribution in [0.15, 0.2) is 47.6 Å². The maximum absolute atomic E-state index is 14.2. The highest BCUT2D eigenvalue weighted by molar-refractivity contribution is 5.80. The molecule has 1 aliphatic heterocycles. The van der Waals surface area contributed by atoms with Crippen molar-refractivity contribution in [3.05, 3.63) is 54.1 Å². The van der Waals surface area contributed by atoms with Crippen molar-refractivity contribution in [2.75, 3.05) is 12.1 Å². The Morgan fingerprint density at radius 1 is 1.17 bits per heavy atom. The number of benzene rings is 2. The first-order valence-corrected chi connectivity index (χ1v) is 6.87. The van der Waals surface area contributed by atoms with Crippen molar-refractivity contribution in [2.24, 2.45) is 5.10 Å². The van der Waals surface area contributed by atoms with Crippen molar-refractivity contribution in [3.8, 4) is 11.5 Å². The van der Waals surface area contributed by atoms with Crippen LogP contribution in [0.25, 0.3) is 0 Å². The summed E-state index contributed by atoms with van der Waals surface area (Å²) in [7, 11) is 1.41. The number of anilines is 1. The Labute approximate surface area is 135 Å². The summed E-state index contributed by atoms with van der Waals surface area (Å²) in [6, 6.07) is 9.21. The predicted octanol–water partition coefficient (Wildman–Crippen LogP) is 2.69. The number of halogens is 2. The molecule has 0 spiro atoms. The van der Waals surface area contributed by atoms with Crippen LogP contribution in [-0.2, 0) is 9.53 Å². The number of aldehydes is 1. The first-order chi connectivity index (χ1) is 11.6. The molecular weight excluding hydrogens is 322 g/mol. The standard InChI is InChI=1S/C16H12F2N2O4/c1-22-12-6-7-14(13(18)8-12)20-15(9-21)24-16(19-20)23-11-4-2-10(17)3-5-11/h2-9,15H,1H3. The predicted molar refractivity (Wildman–Crippen MR) is 80.8 cm³/mol. The van der Waals surface area contributed by atoms with Gasteiger partial charge in [-0.2, -0.15) is 0 Å². The molecule has 0 saturated heterocycles. The largest absolute Gasteiger partial charge is 0.497 e. The normalized spacial score (nSPS) is 16.4. The number of carbonyl (C=O) groups excluding carboxylic acids is 1. The lowest BCUT2D eigenvalue weighted by Crippen LogP contribution is -2.30. The van der Waals surface area contributed by atoms with Crippen molar-refractivity contribution in [2.45, 2.75) is 6.23 Å². The van der Waals surface area contributed by atoms with Crippen molar-refractivity contribution in [1.29, 1.82) is 0 Å². The second kappa shape index (κ2) is 6.53. The molecule has 0 fully saturated rings. The third kappa shape index (κ3) is 3.12. The highest BCUT2D eigenvalue weighted by atomic mass is 19.1. The lowest BCUT2D eigenvalue weighted by Gasteiger charge is -2.17. The summed E-state index contributed by atoms with van der Waals surface area (Å²) < 4.78 is 42.5. The fourth-order valence-corrected chi connectivity index (χ4v) is 2.05. The van der Waals surface area contributed by atoms with E-state index < -0.39 is 17.9 Å². The Morgan fingerprint density at radius 2 is 1.88 bits per heavy atom. The minimum absolute atomic E-state index is 0.0191. The fourth-order valence-electron chi connectivity index (χ4n) is 2.05. The number of methoxy groups -OCH3 is 1. The van der Waals surface area contributed by atoms with E-state index in [-0.39, 0.29) is 17.5 Å². The third-order valence-electron chi connectivity index (χ3n) is 3.19. The van der Waals surface area contributed by atoms with E-state index in [4.69, 9.17) is 14.2 Å². The summed E-state index contributed by atoms with van der Waals surface area (Å²) in [5, 5.41) is 4.99. The van der Waals surface area contributed by atoms with Gasteiger partial charge in [0.2, 0.25) is 0 Å². The van der Waals surface area contributed by atoms with E-state index in [1.54, 1.807) is 0 Å². The molecule has 0 bridgehead atoms. The van der Waals surface area contributed by atoms with E-state index in [0.29, 0.717) is 12.0 Å². The Morgan fingerprint density at radius 3 is 2.50 bits per heavy atom. The van der Waals surface area contributed by atoms with Gasteiger partial charge in [-0.25, -0.2) is 13.8 Å². The second-order valence-corrected chi connectivity index (χ2v) is 4.73. The van der Waals surface area contributed by atoms with Gasteiger partial charge in [0.15, 0.2) is 12.1 Å². The third-order valence-corrected chi connectivity index (χ3v) is 3.19. The molecule has 1 aliphatic rings. The molecule has 1 unspecified atom stereocenters. The van der Waals surface area contributed by atoms with E-state index in [1.165, 1.54) is 43.5 Å². The van der Waals surface area contributed by atoms with Gasteiger partial charge in [0.1, 0.15) is 23.0 Å². The van der Waals surface area contributed by atoms with E-state index in [1.807, 2.05) is 0 Å². The van der Waals surface area contributed by atoms with E-state index in [2.05, 4.69) is 5.10 Å². The van der Waals surface area contributed by atoms with Gasteiger partial charge in [-0.3, -0.25) is 4.79 Å². The van der Waals surface area contributed by atoms with Crippen LogP contribution >= 0.6 is 0 Å². The Hall–Kier alpha value is -3.16. The summed E-state index contributed by atoms with van der Waals surface area (Å²) in [4.78, 5) is 11.2. The van der Waals surface area contributed by atoms with Crippen LogP contribution in [-0.4, -0.2) is 25.7 Å². The topological polar surface area (TPSA) is 60.4 Å². The van der Waals surface area contributed by atoms with Gasteiger partial charge in [-0.05, 0) is 36.4 Å². The number of rotatable bonds is 4. The molecule has 2 aromatic rings. The molecule has 2 aromatic carbocycles.